The van der Waals surface area contributed by atoms with Gasteiger partial charge in [0.2, 0.25) is 0 Å². The van der Waals surface area contributed by atoms with E-state index < -0.39 is 0 Å². The van der Waals surface area contributed by atoms with Crippen LogP contribution in [0.2, 0.25) is 4.34 Å². The molecule has 1 nitrogen and oxygen atoms in total. The van der Waals surface area contributed by atoms with E-state index in [0.717, 1.165) is 4.34 Å². The van der Waals surface area contributed by atoms with Gasteiger partial charge < -0.3 is 5.32 Å². The molecule has 0 aromatic carbocycles. The van der Waals surface area contributed by atoms with E-state index in [2.05, 4.69) is 25.2 Å². The molecule has 1 saturated carbocycles. The first-order valence-electron chi connectivity index (χ1n) is 7.10. The van der Waals surface area contributed by atoms with Crippen molar-refractivity contribution >= 4 is 22.9 Å². The predicted molar refractivity (Wildman–Crippen MR) is 79.6 cm³/mol. The molecular weight excluding hydrogens is 262 g/mol. The van der Waals surface area contributed by atoms with Crippen LogP contribution in [0.25, 0.3) is 0 Å². The second kappa shape index (κ2) is 4.81. The summed E-state index contributed by atoms with van der Waals surface area (Å²) in [6.45, 7) is 4.81. The molecule has 2 aliphatic carbocycles. The number of fused-ring (bicyclic) bond motifs is 1. The number of hydrogen-bond donors (Lipinski definition) is 1. The highest BCUT2D eigenvalue weighted by atomic mass is 35.5. The molecule has 100 valence electrons. The molecule has 1 aromatic heterocycles. The SMILES string of the molecule is CC1(C)CCCC1NC1CCCc2sc(Cl)cc21. The number of nitrogens with one attached hydrogen (secondary N) is 1. The maximum atomic E-state index is 6.18. The van der Waals surface area contributed by atoms with Gasteiger partial charge in [-0.05, 0) is 49.1 Å². The summed E-state index contributed by atoms with van der Waals surface area (Å²) in [6, 6.07) is 3.41. The van der Waals surface area contributed by atoms with Crippen molar-refractivity contribution in [3.05, 3.63) is 20.8 Å². The summed E-state index contributed by atoms with van der Waals surface area (Å²) in [6.07, 6.45) is 7.85. The smallest absolute Gasteiger partial charge is 0.0934 e. The normalized spacial score (nSPS) is 30.4. The monoisotopic (exact) mass is 283 g/mol. The zero-order valence-electron chi connectivity index (χ0n) is 11.3. The van der Waals surface area contributed by atoms with Crippen LogP contribution in [0, 0.1) is 5.41 Å². The first kappa shape index (κ1) is 13.0. The van der Waals surface area contributed by atoms with Crippen molar-refractivity contribution in [3.63, 3.8) is 0 Å². The summed E-state index contributed by atoms with van der Waals surface area (Å²) in [5.74, 6) is 0. The van der Waals surface area contributed by atoms with Gasteiger partial charge in [0.05, 0.1) is 4.34 Å². The molecule has 0 radical (unpaired) electrons. The lowest BCUT2D eigenvalue weighted by Crippen LogP contribution is -2.40. The molecule has 2 aliphatic rings. The Morgan fingerprint density at radius 2 is 2.17 bits per heavy atom. The summed E-state index contributed by atoms with van der Waals surface area (Å²) in [4.78, 5) is 1.51. The van der Waals surface area contributed by atoms with Crippen LogP contribution in [0.3, 0.4) is 0 Å². The quantitative estimate of drug-likeness (QED) is 0.810. The standard InChI is InChI=1S/C15H22ClNS/c1-15(2)8-4-7-13(15)17-11-5-3-6-12-10(11)9-14(16)18-12/h9,11,13,17H,3-8H2,1-2H3. The van der Waals surface area contributed by atoms with E-state index in [0.29, 0.717) is 17.5 Å². The Morgan fingerprint density at radius 1 is 1.33 bits per heavy atom. The molecule has 18 heavy (non-hydrogen) atoms. The molecule has 1 aromatic rings. The maximum Gasteiger partial charge on any atom is 0.0934 e. The van der Waals surface area contributed by atoms with Crippen molar-refractivity contribution in [1.82, 2.24) is 5.32 Å². The van der Waals surface area contributed by atoms with Crippen LogP contribution in [0.15, 0.2) is 6.07 Å². The minimum atomic E-state index is 0.456. The number of aryl methyl sites for hydroxylation is 1. The van der Waals surface area contributed by atoms with Crippen molar-refractivity contribution in [2.24, 2.45) is 5.41 Å². The van der Waals surface area contributed by atoms with Gasteiger partial charge in [0.1, 0.15) is 0 Å². The molecule has 3 rings (SSSR count). The molecule has 0 spiro atoms. The summed E-state index contributed by atoms with van der Waals surface area (Å²) < 4.78 is 0.958. The van der Waals surface area contributed by atoms with Gasteiger partial charge in [-0.3, -0.25) is 0 Å². The van der Waals surface area contributed by atoms with Crippen LogP contribution in [-0.2, 0) is 6.42 Å². The fraction of sp³-hybridized carbons (Fsp3) is 0.733. The second-order valence-corrected chi connectivity index (χ2v) is 8.24. The third-order valence-electron chi connectivity index (χ3n) is 4.74. The fourth-order valence-electron chi connectivity index (χ4n) is 3.57. The van der Waals surface area contributed by atoms with Gasteiger partial charge >= 0.3 is 0 Å². The topological polar surface area (TPSA) is 12.0 Å². The average molecular weight is 284 g/mol. The van der Waals surface area contributed by atoms with E-state index in [1.54, 1.807) is 11.3 Å². The number of rotatable bonds is 2. The van der Waals surface area contributed by atoms with Crippen molar-refractivity contribution in [2.45, 2.75) is 64.5 Å². The lowest BCUT2D eigenvalue weighted by molar-refractivity contribution is 0.253. The van der Waals surface area contributed by atoms with Crippen molar-refractivity contribution in [3.8, 4) is 0 Å². The van der Waals surface area contributed by atoms with Crippen LogP contribution >= 0.6 is 22.9 Å². The number of hydrogen-bond acceptors (Lipinski definition) is 2. The van der Waals surface area contributed by atoms with Crippen molar-refractivity contribution in [2.75, 3.05) is 0 Å². The molecule has 2 atom stereocenters. The summed E-state index contributed by atoms with van der Waals surface area (Å²) in [5.41, 5.74) is 1.94. The van der Waals surface area contributed by atoms with Gasteiger partial charge in [-0.15, -0.1) is 11.3 Å². The van der Waals surface area contributed by atoms with Gasteiger partial charge in [0.25, 0.3) is 0 Å². The van der Waals surface area contributed by atoms with Crippen LogP contribution in [0.1, 0.15) is 62.4 Å². The highest BCUT2D eigenvalue weighted by Crippen LogP contribution is 2.42. The third-order valence-corrected chi connectivity index (χ3v) is 6.08. The van der Waals surface area contributed by atoms with E-state index in [1.165, 1.54) is 49.0 Å². The van der Waals surface area contributed by atoms with E-state index in [1.807, 2.05) is 0 Å². The van der Waals surface area contributed by atoms with Crippen LogP contribution in [0.4, 0.5) is 0 Å². The van der Waals surface area contributed by atoms with Crippen molar-refractivity contribution < 1.29 is 0 Å². The lowest BCUT2D eigenvalue weighted by Gasteiger charge is -2.34. The summed E-state index contributed by atoms with van der Waals surface area (Å²) >= 11 is 7.96. The first-order valence-corrected chi connectivity index (χ1v) is 8.30. The van der Waals surface area contributed by atoms with E-state index in [4.69, 9.17) is 11.6 Å². The van der Waals surface area contributed by atoms with E-state index in [-0.39, 0.29) is 0 Å². The molecule has 3 heteroatoms. The second-order valence-electron chi connectivity index (χ2n) is 6.47. The van der Waals surface area contributed by atoms with Crippen LogP contribution in [0.5, 0.6) is 0 Å². The Labute approximate surface area is 119 Å². The molecule has 0 bridgehead atoms. The zero-order chi connectivity index (χ0) is 12.8. The fourth-order valence-corrected chi connectivity index (χ4v) is 4.96. The van der Waals surface area contributed by atoms with E-state index in [9.17, 15) is 0 Å². The van der Waals surface area contributed by atoms with Gasteiger partial charge in [-0.25, -0.2) is 0 Å². The highest BCUT2D eigenvalue weighted by Gasteiger charge is 2.36. The zero-order valence-corrected chi connectivity index (χ0v) is 12.8. The Bertz CT molecular complexity index is 438. The minimum absolute atomic E-state index is 0.456. The first-order chi connectivity index (χ1) is 8.56. The summed E-state index contributed by atoms with van der Waals surface area (Å²) in [5, 5.41) is 3.93. The molecule has 1 N–H and O–H groups in total. The average Bonchev–Trinajstić information content (AvgIpc) is 2.82. The van der Waals surface area contributed by atoms with Gasteiger partial charge in [-0.1, -0.05) is 31.9 Å². The van der Waals surface area contributed by atoms with Crippen LogP contribution < -0.4 is 5.32 Å². The lowest BCUT2D eigenvalue weighted by atomic mass is 9.85. The Kier molecular flexibility index (Phi) is 3.46. The molecule has 1 heterocycles. The van der Waals surface area contributed by atoms with E-state index >= 15 is 0 Å². The maximum absolute atomic E-state index is 6.18. The summed E-state index contributed by atoms with van der Waals surface area (Å²) in [7, 11) is 0. The largest absolute Gasteiger partial charge is 0.307 e. The van der Waals surface area contributed by atoms with Gasteiger partial charge in [0, 0.05) is 17.0 Å². The Balaban J connectivity index is 1.78. The van der Waals surface area contributed by atoms with Gasteiger partial charge in [0.15, 0.2) is 0 Å². The number of thiophene rings is 1. The highest BCUT2D eigenvalue weighted by molar-refractivity contribution is 7.16. The minimum Gasteiger partial charge on any atom is -0.307 e. The Hall–Kier alpha value is -0.0500. The molecule has 2 unspecified atom stereocenters. The number of halogens is 1. The molecular formula is C15H22ClNS. The van der Waals surface area contributed by atoms with Crippen LogP contribution in [-0.4, -0.2) is 6.04 Å². The van der Waals surface area contributed by atoms with Gasteiger partial charge in [-0.2, -0.15) is 0 Å². The molecule has 0 amide bonds. The Morgan fingerprint density at radius 3 is 2.89 bits per heavy atom. The molecule has 1 fully saturated rings. The molecule has 0 aliphatic heterocycles. The van der Waals surface area contributed by atoms with Crippen molar-refractivity contribution in [1.29, 1.82) is 0 Å². The predicted octanol–water partition coefficient (Wildman–Crippen LogP) is 4.95. The third kappa shape index (κ3) is 2.35. The molecule has 0 saturated heterocycles.